The summed E-state index contributed by atoms with van der Waals surface area (Å²) >= 11 is 0. The molecule has 1 atom stereocenters. The number of carboxylic acid groups (broad SMARTS) is 1. The summed E-state index contributed by atoms with van der Waals surface area (Å²) in [6.07, 6.45) is 0. The van der Waals surface area contributed by atoms with Crippen LogP contribution in [0.15, 0.2) is 24.3 Å². The smallest absolute Gasteiger partial charge is 0.328 e. The summed E-state index contributed by atoms with van der Waals surface area (Å²) in [7, 11) is 0. The molecule has 2 rings (SSSR count). The fourth-order valence-corrected chi connectivity index (χ4v) is 1.96. The van der Waals surface area contributed by atoms with Crippen LogP contribution in [0.25, 0.3) is 0 Å². The Hall–Kier alpha value is -2.61. The maximum Gasteiger partial charge on any atom is 0.328 e. The van der Waals surface area contributed by atoms with Gasteiger partial charge in [0, 0.05) is 17.8 Å². The first-order valence-corrected chi connectivity index (χ1v) is 6.27. The summed E-state index contributed by atoms with van der Waals surface area (Å²) < 4.78 is 5.06. The minimum atomic E-state index is -1.12. The van der Waals surface area contributed by atoms with Crippen molar-refractivity contribution in [1.82, 2.24) is 4.90 Å². The maximum absolute atomic E-state index is 12.1. The Balaban J connectivity index is 2.05. The van der Waals surface area contributed by atoms with E-state index in [4.69, 9.17) is 15.6 Å². The highest BCUT2D eigenvalue weighted by atomic mass is 16.5. The SMILES string of the molecule is NC(=O)c1ccc(NC(=O)N2CCOCC2C(=O)O)cc1. The summed E-state index contributed by atoms with van der Waals surface area (Å²) in [5.74, 6) is -1.68. The number of amides is 3. The van der Waals surface area contributed by atoms with Crippen molar-refractivity contribution < 1.29 is 24.2 Å². The molecule has 1 saturated heterocycles. The summed E-state index contributed by atoms with van der Waals surface area (Å²) in [5.41, 5.74) is 5.89. The van der Waals surface area contributed by atoms with Crippen molar-refractivity contribution in [2.75, 3.05) is 25.1 Å². The van der Waals surface area contributed by atoms with Crippen LogP contribution in [-0.4, -0.2) is 53.7 Å². The van der Waals surface area contributed by atoms with E-state index in [9.17, 15) is 14.4 Å². The number of morpholine rings is 1. The van der Waals surface area contributed by atoms with Gasteiger partial charge in [0.15, 0.2) is 6.04 Å². The van der Waals surface area contributed by atoms with Gasteiger partial charge in [-0.1, -0.05) is 0 Å². The molecule has 4 N–H and O–H groups in total. The molecule has 112 valence electrons. The number of benzene rings is 1. The number of anilines is 1. The quantitative estimate of drug-likeness (QED) is 0.729. The Morgan fingerprint density at radius 3 is 2.52 bits per heavy atom. The number of ether oxygens (including phenoxy) is 1. The number of primary amides is 1. The molecular formula is C13H15N3O5. The number of aliphatic carboxylic acids is 1. The molecule has 21 heavy (non-hydrogen) atoms. The van der Waals surface area contributed by atoms with Crippen molar-refractivity contribution in [3.05, 3.63) is 29.8 Å². The van der Waals surface area contributed by atoms with E-state index in [1.165, 1.54) is 29.2 Å². The Labute approximate surface area is 120 Å². The van der Waals surface area contributed by atoms with Crippen LogP contribution in [0.1, 0.15) is 10.4 Å². The van der Waals surface area contributed by atoms with Gasteiger partial charge in [0.2, 0.25) is 5.91 Å². The standard InChI is InChI=1S/C13H15N3O5/c14-11(17)8-1-3-9(4-2-8)15-13(20)16-5-6-21-7-10(16)12(18)19/h1-4,10H,5-7H2,(H2,14,17)(H,15,20)(H,18,19). The first kappa shape index (κ1) is 14.8. The predicted molar refractivity (Wildman–Crippen MR) is 72.9 cm³/mol. The molecule has 1 unspecified atom stereocenters. The van der Waals surface area contributed by atoms with Gasteiger partial charge in [-0.3, -0.25) is 4.79 Å². The molecule has 1 fully saturated rings. The topological polar surface area (TPSA) is 122 Å². The summed E-state index contributed by atoms with van der Waals surface area (Å²) in [4.78, 5) is 35.3. The zero-order valence-corrected chi connectivity index (χ0v) is 11.1. The zero-order valence-electron chi connectivity index (χ0n) is 11.1. The van der Waals surface area contributed by atoms with E-state index in [-0.39, 0.29) is 19.8 Å². The van der Waals surface area contributed by atoms with E-state index in [1.54, 1.807) is 0 Å². The predicted octanol–water partition coefficient (Wildman–Crippen LogP) is 0.103. The second kappa shape index (κ2) is 6.23. The average molecular weight is 293 g/mol. The van der Waals surface area contributed by atoms with Crippen LogP contribution in [0.2, 0.25) is 0 Å². The van der Waals surface area contributed by atoms with Crippen LogP contribution in [0.3, 0.4) is 0 Å². The Morgan fingerprint density at radius 2 is 1.95 bits per heavy atom. The molecule has 0 radical (unpaired) electrons. The molecule has 8 heteroatoms. The number of urea groups is 1. The molecule has 0 aliphatic carbocycles. The molecule has 0 bridgehead atoms. The molecule has 1 aromatic rings. The monoisotopic (exact) mass is 293 g/mol. The van der Waals surface area contributed by atoms with Crippen molar-refractivity contribution in [3.8, 4) is 0 Å². The molecule has 8 nitrogen and oxygen atoms in total. The third-order valence-corrected chi connectivity index (χ3v) is 3.10. The fourth-order valence-electron chi connectivity index (χ4n) is 1.96. The van der Waals surface area contributed by atoms with Gasteiger partial charge in [-0.15, -0.1) is 0 Å². The molecule has 1 aromatic carbocycles. The molecule has 1 aliphatic rings. The van der Waals surface area contributed by atoms with Crippen LogP contribution in [-0.2, 0) is 9.53 Å². The molecule has 0 aromatic heterocycles. The molecule has 0 spiro atoms. The van der Waals surface area contributed by atoms with Gasteiger partial charge in [0.05, 0.1) is 13.2 Å². The highest BCUT2D eigenvalue weighted by molar-refractivity contribution is 5.95. The number of rotatable bonds is 3. The number of hydrogen-bond donors (Lipinski definition) is 3. The van der Waals surface area contributed by atoms with Gasteiger partial charge < -0.3 is 25.8 Å². The number of nitrogens with one attached hydrogen (secondary N) is 1. The normalized spacial score (nSPS) is 18.1. The van der Waals surface area contributed by atoms with Gasteiger partial charge in [-0.05, 0) is 24.3 Å². The zero-order chi connectivity index (χ0) is 15.4. The lowest BCUT2D eigenvalue weighted by molar-refractivity contribution is -0.147. The number of nitrogens with two attached hydrogens (primary N) is 1. The van der Waals surface area contributed by atoms with Crippen molar-refractivity contribution in [2.45, 2.75) is 6.04 Å². The van der Waals surface area contributed by atoms with E-state index in [2.05, 4.69) is 5.32 Å². The van der Waals surface area contributed by atoms with Crippen LogP contribution in [0.5, 0.6) is 0 Å². The van der Waals surface area contributed by atoms with Gasteiger partial charge in [-0.2, -0.15) is 0 Å². The largest absolute Gasteiger partial charge is 0.480 e. The molecule has 1 aliphatic heterocycles. The van der Waals surface area contributed by atoms with Crippen molar-refractivity contribution in [2.24, 2.45) is 5.73 Å². The van der Waals surface area contributed by atoms with E-state index >= 15 is 0 Å². The lowest BCUT2D eigenvalue weighted by Crippen LogP contribution is -2.53. The van der Waals surface area contributed by atoms with Gasteiger partial charge in [0.25, 0.3) is 0 Å². The Bertz CT molecular complexity index is 557. The minimum Gasteiger partial charge on any atom is -0.480 e. The third-order valence-electron chi connectivity index (χ3n) is 3.10. The summed E-state index contributed by atoms with van der Waals surface area (Å²) in [6.45, 7) is 0.448. The molecule has 0 saturated carbocycles. The molecule has 1 heterocycles. The first-order valence-electron chi connectivity index (χ1n) is 6.27. The number of carbonyl (C=O) groups excluding carboxylic acids is 2. The van der Waals surface area contributed by atoms with Crippen LogP contribution >= 0.6 is 0 Å². The number of carbonyl (C=O) groups is 3. The second-order valence-corrected chi connectivity index (χ2v) is 4.49. The van der Waals surface area contributed by atoms with Gasteiger partial charge in [0.1, 0.15) is 0 Å². The van der Waals surface area contributed by atoms with E-state index < -0.39 is 23.9 Å². The lowest BCUT2D eigenvalue weighted by atomic mass is 10.2. The lowest BCUT2D eigenvalue weighted by Gasteiger charge is -2.32. The van der Waals surface area contributed by atoms with Crippen LogP contribution in [0, 0.1) is 0 Å². The second-order valence-electron chi connectivity index (χ2n) is 4.49. The fraction of sp³-hybridized carbons (Fsp3) is 0.308. The van der Waals surface area contributed by atoms with Crippen molar-refractivity contribution in [3.63, 3.8) is 0 Å². The first-order chi connectivity index (χ1) is 9.99. The number of nitrogens with zero attached hydrogens (tertiary/aromatic N) is 1. The van der Waals surface area contributed by atoms with Gasteiger partial charge in [-0.25, -0.2) is 9.59 Å². The highest BCUT2D eigenvalue weighted by Crippen LogP contribution is 2.13. The average Bonchev–Trinajstić information content (AvgIpc) is 2.47. The van der Waals surface area contributed by atoms with E-state index in [0.29, 0.717) is 11.3 Å². The van der Waals surface area contributed by atoms with Crippen molar-refractivity contribution in [1.29, 1.82) is 0 Å². The molecule has 3 amide bonds. The third kappa shape index (κ3) is 3.48. The Morgan fingerprint density at radius 1 is 1.29 bits per heavy atom. The van der Waals surface area contributed by atoms with Crippen molar-refractivity contribution >= 4 is 23.6 Å². The maximum atomic E-state index is 12.1. The highest BCUT2D eigenvalue weighted by Gasteiger charge is 2.32. The van der Waals surface area contributed by atoms with E-state index in [1.807, 2.05) is 0 Å². The summed E-state index contributed by atoms with van der Waals surface area (Å²) in [6, 6.07) is 4.46. The number of hydrogen-bond acceptors (Lipinski definition) is 4. The minimum absolute atomic E-state index is 0.0383. The Kier molecular flexibility index (Phi) is 4.39. The van der Waals surface area contributed by atoms with Crippen LogP contribution in [0.4, 0.5) is 10.5 Å². The molecular weight excluding hydrogens is 278 g/mol. The van der Waals surface area contributed by atoms with Crippen LogP contribution < -0.4 is 11.1 Å². The van der Waals surface area contributed by atoms with E-state index in [0.717, 1.165) is 0 Å². The summed E-state index contributed by atoms with van der Waals surface area (Å²) in [5, 5.41) is 11.6. The van der Waals surface area contributed by atoms with Gasteiger partial charge >= 0.3 is 12.0 Å². The number of carboxylic acids is 1.